The molecule has 0 N–H and O–H groups in total. The zero-order valence-electron chi connectivity index (χ0n) is 27.1. The van der Waals surface area contributed by atoms with Crippen molar-refractivity contribution in [3.05, 3.63) is 71.4 Å². The molecule has 0 unspecified atom stereocenters. The zero-order valence-corrected chi connectivity index (χ0v) is 19.2. The maximum absolute atomic E-state index is 8.98. The molecule has 0 spiro atoms. The normalized spacial score (nSPS) is 18.9. The van der Waals surface area contributed by atoms with Gasteiger partial charge in [-0.3, -0.25) is 0 Å². The van der Waals surface area contributed by atoms with Gasteiger partial charge in [-0.1, -0.05) is 0 Å². The van der Waals surface area contributed by atoms with Gasteiger partial charge >= 0.3 is 187 Å². The van der Waals surface area contributed by atoms with Gasteiger partial charge in [0.1, 0.15) is 0 Å². The number of nitrogens with zero attached hydrogens (tertiary/aromatic N) is 1. The molecule has 0 bridgehead atoms. The SMILES string of the molecule is [2H]C([2H])([2H])c1cc(C)c(-c2cc(C([2H])(C([2H])([2H])[2H])C([2H])([2H])[2H])[c]([Ge]([CH3])([CH3])[CH3])c[n+]2C)cc1-c1ccccc1. The van der Waals surface area contributed by atoms with E-state index in [9.17, 15) is 0 Å². The van der Waals surface area contributed by atoms with Crippen LogP contribution in [0.3, 0.4) is 0 Å². The van der Waals surface area contributed by atoms with E-state index >= 15 is 0 Å². The van der Waals surface area contributed by atoms with Crippen molar-refractivity contribution in [2.75, 3.05) is 0 Å². The van der Waals surface area contributed by atoms with Gasteiger partial charge in [0.15, 0.2) is 0 Å². The molecule has 0 atom stereocenters. The topological polar surface area (TPSA) is 3.88 Å². The Hall–Kier alpha value is -1.87. The van der Waals surface area contributed by atoms with Crippen LogP contribution >= 0.6 is 0 Å². The second-order valence-corrected chi connectivity index (χ2v) is 18.9. The summed E-state index contributed by atoms with van der Waals surface area (Å²) in [6.07, 6.45) is 1.77. The zero-order chi connectivity index (χ0) is 29.1. The van der Waals surface area contributed by atoms with Crippen LogP contribution in [0, 0.1) is 13.8 Å². The van der Waals surface area contributed by atoms with Gasteiger partial charge in [-0.05, 0) is 0 Å². The molecule has 1 aromatic heterocycles. The Balaban J connectivity index is 2.48. The standard InChI is InChI=1S/C26H34GeN/c1-18(2)22-16-26(28(8)17-25(22)27(5,6)7)24-15-23(19(3)14-20(24)4)21-12-10-9-11-13-21/h9-18H,1-8H3/q+1/i1D3,2D3,3D3,18D. The molecule has 0 aliphatic carbocycles. The molecule has 0 radical (unpaired) electrons. The summed E-state index contributed by atoms with van der Waals surface area (Å²) >= 11 is -2.91. The van der Waals surface area contributed by atoms with Crippen molar-refractivity contribution in [3.63, 3.8) is 0 Å². The molecule has 2 heteroatoms. The fourth-order valence-corrected chi connectivity index (χ4v) is 6.89. The van der Waals surface area contributed by atoms with Gasteiger partial charge in [0.25, 0.3) is 0 Å². The van der Waals surface area contributed by atoms with Crippen LogP contribution in [0.5, 0.6) is 0 Å². The van der Waals surface area contributed by atoms with Crippen LogP contribution in [0.4, 0.5) is 0 Å². The second kappa shape index (κ2) is 7.87. The molecule has 3 rings (SSSR count). The molecule has 1 nitrogen and oxygen atoms in total. The number of benzene rings is 2. The van der Waals surface area contributed by atoms with E-state index in [2.05, 4.69) is 0 Å². The van der Waals surface area contributed by atoms with E-state index in [0.29, 0.717) is 32.3 Å². The summed E-state index contributed by atoms with van der Waals surface area (Å²) in [5.41, 5.74) is 3.17. The minimum absolute atomic E-state index is 0.0151. The van der Waals surface area contributed by atoms with Gasteiger partial charge in [-0.15, -0.1) is 0 Å². The number of pyridine rings is 1. The number of rotatable bonds is 4. The third-order valence-corrected chi connectivity index (χ3v) is 9.30. The Morgan fingerprint density at radius 3 is 2.29 bits per heavy atom. The van der Waals surface area contributed by atoms with Gasteiger partial charge in [-0.2, -0.15) is 0 Å². The average molecular weight is 443 g/mol. The van der Waals surface area contributed by atoms with Gasteiger partial charge < -0.3 is 0 Å². The van der Waals surface area contributed by atoms with Gasteiger partial charge in [0, 0.05) is 0 Å². The predicted molar refractivity (Wildman–Crippen MR) is 125 cm³/mol. The molecule has 1 heterocycles. The molecule has 3 aromatic rings. The molecule has 0 amide bonds. The molecule has 28 heavy (non-hydrogen) atoms. The Bertz CT molecular complexity index is 1320. The summed E-state index contributed by atoms with van der Waals surface area (Å²) in [5.74, 6) is 3.25. The summed E-state index contributed by atoms with van der Waals surface area (Å²) in [5, 5.41) is 0. The summed E-state index contributed by atoms with van der Waals surface area (Å²) in [7, 11) is 1.80. The Kier molecular flexibility index (Phi) is 3.19. The van der Waals surface area contributed by atoms with E-state index in [-0.39, 0.29) is 11.1 Å². The maximum atomic E-state index is 8.98. The van der Waals surface area contributed by atoms with Gasteiger partial charge in [0.05, 0.1) is 0 Å². The van der Waals surface area contributed by atoms with Crippen molar-refractivity contribution in [2.24, 2.45) is 7.05 Å². The fourth-order valence-electron chi connectivity index (χ4n) is 3.56. The summed E-state index contributed by atoms with van der Waals surface area (Å²) in [6.45, 7) is -6.83. The first-order valence-corrected chi connectivity index (χ1v) is 16.7. The van der Waals surface area contributed by atoms with Crippen molar-refractivity contribution in [1.29, 1.82) is 0 Å². The van der Waals surface area contributed by atoms with E-state index in [4.69, 9.17) is 13.7 Å². The molecule has 0 saturated carbocycles. The molecular weight excluding hydrogens is 399 g/mol. The van der Waals surface area contributed by atoms with E-state index in [0.717, 1.165) is 0 Å². The van der Waals surface area contributed by atoms with Crippen LogP contribution in [-0.2, 0) is 7.05 Å². The van der Waals surface area contributed by atoms with Crippen LogP contribution in [0.25, 0.3) is 22.4 Å². The first kappa shape index (κ1) is 11.4. The fraction of sp³-hybridized carbons (Fsp3) is 0.346. The summed E-state index contributed by atoms with van der Waals surface area (Å²) in [4.78, 5) is 0. The van der Waals surface area contributed by atoms with Crippen molar-refractivity contribution in [3.8, 4) is 22.4 Å². The number of aromatic nitrogens is 1. The molecular formula is C26H34GeN+. The Labute approximate surface area is 187 Å². The third-order valence-electron chi connectivity index (χ3n) is 5.08. The second-order valence-electron chi connectivity index (χ2n) is 8.30. The van der Waals surface area contributed by atoms with Gasteiger partial charge in [-0.25, -0.2) is 0 Å². The quantitative estimate of drug-likeness (QED) is 0.338. The summed E-state index contributed by atoms with van der Waals surface area (Å²) in [6, 6.07) is 14.0. The Morgan fingerprint density at radius 1 is 0.964 bits per heavy atom. The van der Waals surface area contributed by atoms with Crippen LogP contribution in [0.1, 0.15) is 50.0 Å². The van der Waals surface area contributed by atoms with Crippen LogP contribution < -0.4 is 8.96 Å². The average Bonchev–Trinajstić information content (AvgIpc) is 2.76. The molecule has 0 fully saturated rings. The molecule has 146 valence electrons. The molecule has 0 saturated heterocycles. The van der Waals surface area contributed by atoms with Gasteiger partial charge in [0.2, 0.25) is 0 Å². The van der Waals surface area contributed by atoms with E-state index in [1.54, 1.807) is 32.3 Å². The predicted octanol–water partition coefficient (Wildman–Crippen LogP) is 6.13. The van der Waals surface area contributed by atoms with E-state index in [1.807, 2.05) is 52.2 Å². The van der Waals surface area contributed by atoms with Crippen molar-refractivity contribution < 1.29 is 18.3 Å². The number of aryl methyl sites for hydroxylation is 3. The number of hydrogen-bond acceptors (Lipinski definition) is 0. The van der Waals surface area contributed by atoms with Crippen LogP contribution in [-0.4, -0.2) is 13.3 Å². The van der Waals surface area contributed by atoms with Crippen LogP contribution in [0.15, 0.2) is 54.7 Å². The third kappa shape index (κ3) is 4.10. The van der Waals surface area contributed by atoms with E-state index in [1.165, 1.54) is 6.07 Å². The molecule has 0 aliphatic heterocycles. The van der Waals surface area contributed by atoms with Crippen molar-refractivity contribution >= 4 is 17.7 Å². The number of hydrogen-bond donors (Lipinski definition) is 0. The van der Waals surface area contributed by atoms with Crippen molar-refractivity contribution in [2.45, 2.75) is 50.6 Å². The Morgan fingerprint density at radius 2 is 1.68 bits per heavy atom. The molecule has 0 aliphatic rings. The first-order chi connectivity index (χ1) is 17.1. The monoisotopic (exact) mass is 444 g/mol. The minimum atomic E-state index is -3.12. The molecule has 2 aromatic carbocycles. The van der Waals surface area contributed by atoms with E-state index < -0.39 is 39.7 Å². The van der Waals surface area contributed by atoms with Crippen molar-refractivity contribution in [1.82, 2.24) is 0 Å². The first-order valence-electron chi connectivity index (χ1n) is 14.4. The summed E-state index contributed by atoms with van der Waals surface area (Å²) < 4.78 is 84.6. The van der Waals surface area contributed by atoms with Crippen LogP contribution in [0.2, 0.25) is 17.3 Å².